The molecule has 1 saturated heterocycles. The first kappa shape index (κ1) is 23.1. The van der Waals surface area contributed by atoms with Crippen LogP contribution in [-0.4, -0.2) is 46.8 Å². The van der Waals surface area contributed by atoms with Crippen LogP contribution >= 0.6 is 11.6 Å². The summed E-state index contributed by atoms with van der Waals surface area (Å²) in [7, 11) is 1.21. The van der Waals surface area contributed by atoms with Gasteiger partial charge in [-0.3, -0.25) is 5.32 Å². The van der Waals surface area contributed by atoms with Crippen molar-refractivity contribution in [3.05, 3.63) is 35.1 Å². The fraction of sp³-hybridized carbons (Fsp3) is 0.381. The van der Waals surface area contributed by atoms with Crippen molar-refractivity contribution in [1.82, 2.24) is 20.3 Å². The highest BCUT2D eigenvalue weighted by molar-refractivity contribution is 6.38. The molecule has 3 aromatic rings. The Balaban J connectivity index is 1.74. The van der Waals surface area contributed by atoms with Crippen LogP contribution in [0.3, 0.4) is 0 Å². The van der Waals surface area contributed by atoms with Gasteiger partial charge in [0.05, 0.1) is 29.0 Å². The van der Waals surface area contributed by atoms with Crippen molar-refractivity contribution < 1.29 is 22.7 Å². The molecule has 8 nitrogen and oxygen atoms in total. The van der Waals surface area contributed by atoms with Gasteiger partial charge in [-0.15, -0.1) is 0 Å². The summed E-state index contributed by atoms with van der Waals surface area (Å²) in [6.45, 7) is 2.75. The molecule has 4 rings (SSSR count). The zero-order valence-electron chi connectivity index (χ0n) is 17.8. The van der Waals surface area contributed by atoms with E-state index in [1.54, 1.807) is 6.07 Å². The Kier molecular flexibility index (Phi) is 6.35. The van der Waals surface area contributed by atoms with Crippen molar-refractivity contribution in [1.29, 1.82) is 0 Å². The van der Waals surface area contributed by atoms with E-state index in [1.165, 1.54) is 19.4 Å². The van der Waals surface area contributed by atoms with Gasteiger partial charge in [-0.2, -0.15) is 13.2 Å². The van der Waals surface area contributed by atoms with E-state index >= 15 is 0 Å². The number of nitrogens with one attached hydrogen (secondary N) is 4. The van der Waals surface area contributed by atoms with Gasteiger partial charge in [-0.1, -0.05) is 11.6 Å². The first-order valence-electron chi connectivity index (χ1n) is 10.3. The van der Waals surface area contributed by atoms with Gasteiger partial charge in [0.15, 0.2) is 0 Å². The monoisotopic (exact) mass is 482 g/mol. The summed E-state index contributed by atoms with van der Waals surface area (Å²) >= 11 is 6.37. The van der Waals surface area contributed by atoms with Crippen LogP contribution < -0.4 is 16.0 Å². The van der Waals surface area contributed by atoms with Crippen LogP contribution in [0, 0.1) is 0 Å². The molecule has 1 amide bonds. The number of benzene rings is 1. The Morgan fingerprint density at radius 2 is 2.09 bits per heavy atom. The highest BCUT2D eigenvalue weighted by atomic mass is 35.5. The molecule has 0 aliphatic carbocycles. The van der Waals surface area contributed by atoms with E-state index in [0.29, 0.717) is 23.5 Å². The predicted molar refractivity (Wildman–Crippen MR) is 119 cm³/mol. The van der Waals surface area contributed by atoms with E-state index in [-0.39, 0.29) is 34.0 Å². The average molecular weight is 483 g/mol. The van der Waals surface area contributed by atoms with Gasteiger partial charge >= 0.3 is 12.3 Å². The third-order valence-corrected chi connectivity index (χ3v) is 5.95. The average Bonchev–Trinajstić information content (AvgIpc) is 3.21. The number of piperidine rings is 1. The van der Waals surface area contributed by atoms with Crippen molar-refractivity contribution in [2.75, 3.05) is 24.3 Å². The Morgan fingerprint density at radius 1 is 1.30 bits per heavy atom. The number of alkyl halides is 3. The van der Waals surface area contributed by atoms with E-state index in [9.17, 15) is 18.0 Å². The largest absolute Gasteiger partial charge is 0.453 e. The van der Waals surface area contributed by atoms with Crippen molar-refractivity contribution in [2.45, 2.75) is 38.0 Å². The van der Waals surface area contributed by atoms with Crippen LogP contribution in [0.5, 0.6) is 0 Å². The minimum Gasteiger partial charge on any atom is -0.453 e. The number of H-pyrrole nitrogens is 1. The van der Waals surface area contributed by atoms with E-state index < -0.39 is 17.8 Å². The number of anilines is 2. The van der Waals surface area contributed by atoms with Crippen LogP contribution in [-0.2, 0) is 10.9 Å². The summed E-state index contributed by atoms with van der Waals surface area (Å²) in [5.74, 6) is 0.115. The molecule has 2 aromatic heterocycles. The number of ether oxygens (including phenoxy) is 1. The van der Waals surface area contributed by atoms with Crippen molar-refractivity contribution in [3.8, 4) is 11.3 Å². The Bertz CT molecular complexity index is 1170. The Morgan fingerprint density at radius 3 is 2.76 bits per heavy atom. The quantitative estimate of drug-likeness (QED) is 0.416. The molecule has 0 spiro atoms. The number of carbonyl (C=O) groups excluding carboxylic acids is 1. The summed E-state index contributed by atoms with van der Waals surface area (Å²) in [6.07, 6.45) is -1.39. The zero-order valence-corrected chi connectivity index (χ0v) is 18.6. The molecule has 0 unspecified atom stereocenters. The molecule has 1 aromatic carbocycles. The second-order valence-electron chi connectivity index (χ2n) is 7.85. The maximum atomic E-state index is 13.8. The summed E-state index contributed by atoms with van der Waals surface area (Å²) in [5, 5.41) is 9.46. The van der Waals surface area contributed by atoms with Gasteiger partial charge in [0.1, 0.15) is 5.56 Å². The molecule has 1 fully saturated rings. The number of hydrogen-bond acceptors (Lipinski definition) is 6. The van der Waals surface area contributed by atoms with E-state index in [0.717, 1.165) is 19.0 Å². The fourth-order valence-corrected chi connectivity index (χ4v) is 4.05. The topological polar surface area (TPSA) is 104 Å². The lowest BCUT2D eigenvalue weighted by Gasteiger charge is -2.28. The first-order valence-corrected chi connectivity index (χ1v) is 10.6. The van der Waals surface area contributed by atoms with Crippen molar-refractivity contribution in [3.63, 3.8) is 0 Å². The number of aromatic nitrogens is 3. The molecule has 1 aliphatic heterocycles. The number of halogens is 4. The molecule has 0 bridgehead atoms. The molecular formula is C21H22ClF3N6O2. The summed E-state index contributed by atoms with van der Waals surface area (Å²) in [6, 6.07) is 3.44. The summed E-state index contributed by atoms with van der Waals surface area (Å²) < 4.78 is 45.9. The minimum absolute atomic E-state index is 0.00940. The standard InChI is InChI=1S/C21H22ClF3N6O2/c1-10-3-4-11(7-26-10)29-19-28-9-14(21(23,24)25)17(31-19)13-8-27-18-12(13)5-6-15(16(18)22)30-20(32)33-2/h5-6,8-11,26-27H,3-4,7H2,1-2H3,(H,30,32)(H,28,29,31)/t10-,11+/m1/s1. The molecule has 4 N–H and O–H groups in total. The van der Waals surface area contributed by atoms with Gasteiger partial charge in [-0.25, -0.2) is 14.8 Å². The molecule has 33 heavy (non-hydrogen) atoms. The smallest absolute Gasteiger partial charge is 0.419 e. The maximum absolute atomic E-state index is 13.8. The molecule has 2 atom stereocenters. The Labute approximate surface area is 192 Å². The van der Waals surface area contributed by atoms with E-state index in [1.807, 2.05) is 0 Å². The van der Waals surface area contributed by atoms with Gasteiger partial charge < -0.3 is 20.4 Å². The number of nitrogens with zero attached hydrogens (tertiary/aromatic N) is 2. The number of amides is 1. The van der Waals surface area contributed by atoms with E-state index in [4.69, 9.17) is 11.6 Å². The highest BCUT2D eigenvalue weighted by Crippen LogP contribution is 2.41. The number of aromatic amines is 1. The first-order chi connectivity index (χ1) is 15.7. The molecule has 1 aliphatic rings. The third kappa shape index (κ3) is 4.83. The lowest BCUT2D eigenvalue weighted by Crippen LogP contribution is -2.43. The third-order valence-electron chi connectivity index (χ3n) is 5.56. The number of hydrogen-bond donors (Lipinski definition) is 4. The van der Waals surface area contributed by atoms with Crippen molar-refractivity contribution >= 4 is 40.2 Å². The van der Waals surface area contributed by atoms with Gasteiger partial charge in [-0.05, 0) is 31.9 Å². The van der Waals surface area contributed by atoms with Crippen LogP contribution in [0.15, 0.2) is 24.5 Å². The van der Waals surface area contributed by atoms with E-state index in [2.05, 4.69) is 42.6 Å². The number of rotatable bonds is 4. The molecule has 0 radical (unpaired) electrons. The molecule has 176 valence electrons. The van der Waals surface area contributed by atoms with Gasteiger partial charge in [0.25, 0.3) is 0 Å². The Hall–Kier alpha value is -3.05. The molecule has 3 heterocycles. The van der Waals surface area contributed by atoms with Crippen LogP contribution in [0.4, 0.5) is 29.6 Å². The highest BCUT2D eigenvalue weighted by Gasteiger charge is 2.36. The predicted octanol–water partition coefficient (Wildman–Crippen LogP) is 5.03. The fourth-order valence-electron chi connectivity index (χ4n) is 3.79. The lowest BCUT2D eigenvalue weighted by molar-refractivity contribution is -0.137. The van der Waals surface area contributed by atoms with Crippen molar-refractivity contribution in [2.24, 2.45) is 0 Å². The normalized spacial score (nSPS) is 18.8. The second kappa shape index (κ2) is 9.06. The summed E-state index contributed by atoms with van der Waals surface area (Å²) in [4.78, 5) is 22.6. The molecule has 0 saturated carbocycles. The molecular weight excluding hydrogens is 461 g/mol. The van der Waals surface area contributed by atoms with Gasteiger partial charge in [0, 0.05) is 42.0 Å². The van der Waals surface area contributed by atoms with Crippen LogP contribution in [0.25, 0.3) is 22.2 Å². The van der Waals surface area contributed by atoms with Crippen LogP contribution in [0.1, 0.15) is 25.3 Å². The zero-order chi connectivity index (χ0) is 23.8. The number of carbonyl (C=O) groups is 1. The number of methoxy groups -OCH3 is 1. The number of fused-ring (bicyclic) bond motifs is 1. The minimum atomic E-state index is -4.66. The second-order valence-corrected chi connectivity index (χ2v) is 8.23. The van der Waals surface area contributed by atoms with Gasteiger partial charge in [0.2, 0.25) is 5.95 Å². The maximum Gasteiger partial charge on any atom is 0.419 e. The lowest BCUT2D eigenvalue weighted by atomic mass is 10.0. The molecule has 12 heteroatoms. The summed E-state index contributed by atoms with van der Waals surface area (Å²) in [5.41, 5.74) is -0.410. The van der Waals surface area contributed by atoms with Crippen LogP contribution in [0.2, 0.25) is 5.02 Å². The SMILES string of the molecule is COC(=O)Nc1ccc2c(-c3nc(N[C@H]4CC[C@@H](C)NC4)ncc3C(F)(F)F)c[nH]c2c1Cl.